The number of morpholine rings is 1. The van der Waals surface area contributed by atoms with Gasteiger partial charge in [0.25, 0.3) is 0 Å². The second kappa shape index (κ2) is 4.45. The van der Waals surface area contributed by atoms with Crippen LogP contribution in [0.15, 0.2) is 17.3 Å². The molecule has 17 heavy (non-hydrogen) atoms. The molecule has 0 saturated carbocycles. The highest BCUT2D eigenvalue weighted by Gasteiger charge is 2.18. The van der Waals surface area contributed by atoms with Crippen molar-refractivity contribution in [2.45, 2.75) is 12.8 Å². The Kier molecular flexibility index (Phi) is 2.81. The maximum Gasteiger partial charge on any atom is 0.0642 e. The van der Waals surface area contributed by atoms with E-state index in [4.69, 9.17) is 4.74 Å². The molecule has 0 aromatic carbocycles. The fourth-order valence-corrected chi connectivity index (χ4v) is 2.39. The Bertz CT molecular complexity index is 438. The second-order valence-electron chi connectivity index (χ2n) is 4.66. The molecule has 1 aromatic rings. The molecule has 0 N–H and O–H groups in total. The van der Waals surface area contributed by atoms with Gasteiger partial charge in [-0.15, -0.1) is 0 Å². The molecule has 1 unspecified atom stereocenters. The lowest BCUT2D eigenvalue weighted by atomic mass is 9.99. The van der Waals surface area contributed by atoms with Crippen LogP contribution in [0.25, 0.3) is 0 Å². The molecular weight excluding hydrogens is 214 g/mol. The Balaban J connectivity index is 1.90. The molecule has 0 amide bonds. The highest BCUT2D eigenvalue weighted by Crippen LogP contribution is 2.25. The van der Waals surface area contributed by atoms with Crippen molar-refractivity contribution < 1.29 is 4.74 Å². The summed E-state index contributed by atoms with van der Waals surface area (Å²) >= 11 is 0. The Labute approximate surface area is 101 Å². The first-order valence-electron chi connectivity index (χ1n) is 6.17. The highest BCUT2D eigenvalue weighted by molar-refractivity contribution is 5.84. The highest BCUT2D eigenvalue weighted by atomic mass is 16.5. The fraction of sp³-hybridized carbons (Fsp3) is 0.538. The monoisotopic (exact) mass is 231 g/mol. The average Bonchev–Trinajstić information content (AvgIpc) is 2.40. The van der Waals surface area contributed by atoms with Crippen molar-refractivity contribution in [2.24, 2.45) is 4.99 Å². The number of aromatic nitrogens is 1. The minimum Gasteiger partial charge on any atom is -0.378 e. The average molecular weight is 231 g/mol. The number of hydrogen-bond donors (Lipinski definition) is 0. The van der Waals surface area contributed by atoms with E-state index in [1.165, 1.54) is 16.9 Å². The molecule has 90 valence electrons. The van der Waals surface area contributed by atoms with Crippen molar-refractivity contribution in [3.05, 3.63) is 23.5 Å². The van der Waals surface area contributed by atoms with Crippen molar-refractivity contribution >= 4 is 11.9 Å². The molecule has 0 radical (unpaired) electrons. The number of rotatable bonds is 1. The van der Waals surface area contributed by atoms with Crippen LogP contribution in [0.5, 0.6) is 0 Å². The Morgan fingerprint density at radius 3 is 3.00 bits per heavy atom. The predicted octanol–water partition coefficient (Wildman–Crippen LogP) is 1.45. The van der Waals surface area contributed by atoms with Gasteiger partial charge in [-0.3, -0.25) is 9.98 Å². The Morgan fingerprint density at radius 1 is 1.35 bits per heavy atom. The van der Waals surface area contributed by atoms with Gasteiger partial charge in [0, 0.05) is 37.3 Å². The van der Waals surface area contributed by atoms with Gasteiger partial charge in [-0.1, -0.05) is 6.92 Å². The van der Waals surface area contributed by atoms with Gasteiger partial charge in [0.2, 0.25) is 0 Å². The number of fused-ring (bicyclic) bond motifs is 1. The molecule has 1 saturated heterocycles. The number of nitrogens with zero attached hydrogens (tertiary/aromatic N) is 3. The van der Waals surface area contributed by atoms with Crippen LogP contribution in [0, 0.1) is 0 Å². The molecule has 1 aromatic heterocycles. The smallest absolute Gasteiger partial charge is 0.0642 e. The number of aliphatic imine (C=N–C) groups is 1. The third kappa shape index (κ3) is 2.05. The zero-order valence-electron chi connectivity index (χ0n) is 10.1. The fourth-order valence-electron chi connectivity index (χ4n) is 2.39. The molecule has 0 spiro atoms. The van der Waals surface area contributed by atoms with Crippen LogP contribution in [0.2, 0.25) is 0 Å². The van der Waals surface area contributed by atoms with Crippen LogP contribution in [-0.4, -0.2) is 44.0 Å². The molecule has 3 rings (SSSR count). The van der Waals surface area contributed by atoms with Crippen LogP contribution in [0.4, 0.5) is 5.69 Å². The van der Waals surface area contributed by atoms with Gasteiger partial charge in [-0.2, -0.15) is 0 Å². The number of pyridine rings is 1. The summed E-state index contributed by atoms with van der Waals surface area (Å²) in [7, 11) is 0. The molecule has 0 aliphatic carbocycles. The van der Waals surface area contributed by atoms with Gasteiger partial charge in [0.1, 0.15) is 0 Å². The SMILES string of the molecule is CC1CN=Cc2cc(N3CCOCC3)cnc21. The summed E-state index contributed by atoms with van der Waals surface area (Å²) in [5.41, 5.74) is 3.54. The third-order valence-electron chi connectivity index (χ3n) is 3.39. The van der Waals surface area contributed by atoms with E-state index in [1.807, 2.05) is 12.4 Å². The van der Waals surface area contributed by atoms with Crippen molar-refractivity contribution in [3.63, 3.8) is 0 Å². The summed E-state index contributed by atoms with van der Waals surface area (Å²) in [4.78, 5) is 11.3. The number of ether oxygens (including phenoxy) is 1. The van der Waals surface area contributed by atoms with Crippen molar-refractivity contribution in [3.8, 4) is 0 Å². The standard InChI is InChI=1S/C13H17N3O/c1-10-7-14-8-11-6-12(9-15-13(10)11)16-2-4-17-5-3-16/h6,8-10H,2-5,7H2,1H3. The van der Waals surface area contributed by atoms with Crippen LogP contribution < -0.4 is 4.90 Å². The lowest BCUT2D eigenvalue weighted by molar-refractivity contribution is 0.122. The van der Waals surface area contributed by atoms with E-state index in [1.54, 1.807) is 0 Å². The second-order valence-corrected chi connectivity index (χ2v) is 4.66. The first-order chi connectivity index (χ1) is 8.34. The van der Waals surface area contributed by atoms with Gasteiger partial charge in [0.05, 0.1) is 30.8 Å². The van der Waals surface area contributed by atoms with Crippen molar-refractivity contribution in [1.29, 1.82) is 0 Å². The summed E-state index contributed by atoms with van der Waals surface area (Å²) < 4.78 is 5.36. The summed E-state index contributed by atoms with van der Waals surface area (Å²) in [6.07, 6.45) is 3.94. The number of anilines is 1. The molecule has 4 nitrogen and oxygen atoms in total. The molecule has 3 heterocycles. The molecule has 2 aliphatic heterocycles. The lowest BCUT2D eigenvalue weighted by Crippen LogP contribution is -2.36. The number of hydrogen-bond acceptors (Lipinski definition) is 4. The van der Waals surface area contributed by atoms with Gasteiger partial charge in [-0.05, 0) is 6.07 Å². The maximum absolute atomic E-state index is 5.36. The zero-order valence-corrected chi connectivity index (χ0v) is 10.1. The normalized spacial score (nSPS) is 23.6. The summed E-state index contributed by atoms with van der Waals surface area (Å²) in [6, 6.07) is 2.20. The van der Waals surface area contributed by atoms with E-state index >= 15 is 0 Å². The van der Waals surface area contributed by atoms with E-state index in [0.29, 0.717) is 5.92 Å². The minimum atomic E-state index is 0.439. The van der Waals surface area contributed by atoms with Gasteiger partial charge >= 0.3 is 0 Å². The quantitative estimate of drug-likeness (QED) is 0.734. The molecule has 1 atom stereocenters. The van der Waals surface area contributed by atoms with E-state index in [-0.39, 0.29) is 0 Å². The predicted molar refractivity (Wildman–Crippen MR) is 68.1 cm³/mol. The van der Waals surface area contributed by atoms with E-state index in [9.17, 15) is 0 Å². The van der Waals surface area contributed by atoms with E-state index in [0.717, 1.165) is 32.8 Å². The lowest BCUT2D eigenvalue weighted by Gasteiger charge is -2.29. The van der Waals surface area contributed by atoms with Gasteiger partial charge in [0.15, 0.2) is 0 Å². The van der Waals surface area contributed by atoms with Crippen molar-refractivity contribution in [1.82, 2.24) is 4.98 Å². The van der Waals surface area contributed by atoms with Gasteiger partial charge in [-0.25, -0.2) is 0 Å². The van der Waals surface area contributed by atoms with Crippen LogP contribution in [-0.2, 0) is 4.74 Å². The molecular formula is C13H17N3O. The van der Waals surface area contributed by atoms with Crippen molar-refractivity contribution in [2.75, 3.05) is 37.7 Å². The van der Waals surface area contributed by atoms with Crippen LogP contribution in [0.3, 0.4) is 0 Å². The molecule has 1 fully saturated rings. The maximum atomic E-state index is 5.36. The molecule has 2 aliphatic rings. The minimum absolute atomic E-state index is 0.439. The zero-order chi connectivity index (χ0) is 11.7. The first kappa shape index (κ1) is 10.7. The first-order valence-corrected chi connectivity index (χ1v) is 6.17. The Hall–Kier alpha value is -1.42. The van der Waals surface area contributed by atoms with E-state index < -0.39 is 0 Å². The summed E-state index contributed by atoms with van der Waals surface area (Å²) in [5, 5.41) is 0. The molecule has 0 bridgehead atoms. The topological polar surface area (TPSA) is 37.7 Å². The Morgan fingerprint density at radius 2 is 2.18 bits per heavy atom. The third-order valence-corrected chi connectivity index (χ3v) is 3.39. The largest absolute Gasteiger partial charge is 0.378 e. The van der Waals surface area contributed by atoms with Crippen LogP contribution in [0.1, 0.15) is 24.1 Å². The summed E-state index contributed by atoms with van der Waals surface area (Å²) in [5.74, 6) is 0.439. The summed E-state index contributed by atoms with van der Waals surface area (Å²) in [6.45, 7) is 6.55. The molecule has 4 heteroatoms. The van der Waals surface area contributed by atoms with E-state index in [2.05, 4.69) is 27.9 Å². The van der Waals surface area contributed by atoms with Gasteiger partial charge < -0.3 is 9.64 Å². The van der Waals surface area contributed by atoms with Crippen LogP contribution >= 0.6 is 0 Å².